The van der Waals surface area contributed by atoms with Crippen LogP contribution in [0.25, 0.3) is 0 Å². The number of carbonyl (C=O) groups excluding carboxylic acids is 3. The molecule has 0 saturated carbocycles. The monoisotopic (exact) mass is 360 g/mol. The highest BCUT2D eigenvalue weighted by molar-refractivity contribution is 5.92. The van der Waals surface area contributed by atoms with Crippen molar-refractivity contribution in [3.63, 3.8) is 0 Å². The highest BCUT2D eigenvalue weighted by Gasteiger charge is 2.28. The molecule has 0 spiro atoms. The van der Waals surface area contributed by atoms with E-state index in [-0.39, 0.29) is 11.8 Å². The molecule has 7 N–H and O–H groups in total. The maximum Gasteiger partial charge on any atom is 0.326 e. The molecule has 0 bridgehead atoms. The number of hydrogen-bond acceptors (Lipinski definition) is 6. The number of aliphatic carboxylic acids is 1. The first-order valence-electron chi connectivity index (χ1n) is 7.97. The maximum absolute atomic E-state index is 12.0. The van der Waals surface area contributed by atoms with Crippen molar-refractivity contribution in [3.8, 4) is 0 Å². The zero-order valence-electron chi connectivity index (χ0n) is 14.9. The summed E-state index contributed by atoms with van der Waals surface area (Å²) in [4.78, 5) is 46.5. The summed E-state index contributed by atoms with van der Waals surface area (Å²) in [7, 11) is 0. The van der Waals surface area contributed by atoms with Gasteiger partial charge in [0, 0.05) is 0 Å². The van der Waals surface area contributed by atoms with Gasteiger partial charge in [-0.1, -0.05) is 27.7 Å². The van der Waals surface area contributed by atoms with E-state index in [2.05, 4.69) is 16.0 Å². The minimum Gasteiger partial charge on any atom is -0.480 e. The van der Waals surface area contributed by atoms with Gasteiger partial charge in [0.25, 0.3) is 0 Å². The molecule has 0 aromatic carbocycles. The smallest absolute Gasteiger partial charge is 0.326 e. The first kappa shape index (κ1) is 22.8. The zero-order valence-corrected chi connectivity index (χ0v) is 14.9. The summed E-state index contributed by atoms with van der Waals surface area (Å²) in [5, 5.41) is 25.1. The number of amides is 3. The minimum atomic E-state index is -1.33. The van der Waals surface area contributed by atoms with Crippen molar-refractivity contribution in [2.24, 2.45) is 17.6 Å². The van der Waals surface area contributed by atoms with Gasteiger partial charge in [0.05, 0.1) is 19.2 Å². The van der Waals surface area contributed by atoms with Crippen LogP contribution in [0.15, 0.2) is 0 Å². The van der Waals surface area contributed by atoms with Crippen LogP contribution >= 0.6 is 0 Å². The number of carboxylic acid groups (broad SMARTS) is 1. The zero-order chi connectivity index (χ0) is 19.7. The molecule has 0 rings (SSSR count). The lowest BCUT2D eigenvalue weighted by atomic mass is 10.0. The molecule has 10 heteroatoms. The van der Waals surface area contributed by atoms with Gasteiger partial charge in [-0.15, -0.1) is 0 Å². The second kappa shape index (κ2) is 10.6. The summed E-state index contributed by atoms with van der Waals surface area (Å²) in [6, 6.07) is -3.25. The van der Waals surface area contributed by atoms with Gasteiger partial charge in [-0.25, -0.2) is 4.79 Å². The average molecular weight is 360 g/mol. The molecule has 0 aliphatic heterocycles. The highest BCUT2D eigenvalue weighted by Crippen LogP contribution is 2.02. The molecule has 0 aromatic rings. The van der Waals surface area contributed by atoms with Gasteiger partial charge in [-0.05, 0) is 11.8 Å². The number of nitrogens with one attached hydrogen (secondary N) is 3. The second-order valence-electron chi connectivity index (χ2n) is 6.36. The Kier molecular flexibility index (Phi) is 9.69. The average Bonchev–Trinajstić information content (AvgIpc) is 2.53. The van der Waals surface area contributed by atoms with E-state index < -0.39 is 55.0 Å². The van der Waals surface area contributed by atoms with E-state index in [0.717, 1.165) is 0 Å². The van der Waals surface area contributed by atoms with E-state index in [1.807, 2.05) is 0 Å². The van der Waals surface area contributed by atoms with Crippen molar-refractivity contribution in [2.75, 3.05) is 13.2 Å². The number of carboxylic acids is 1. The molecule has 3 unspecified atom stereocenters. The van der Waals surface area contributed by atoms with E-state index in [1.54, 1.807) is 27.7 Å². The molecule has 0 heterocycles. The molecular weight excluding hydrogens is 332 g/mol. The van der Waals surface area contributed by atoms with Crippen LogP contribution in [-0.2, 0) is 19.2 Å². The van der Waals surface area contributed by atoms with Crippen LogP contribution < -0.4 is 21.7 Å². The van der Waals surface area contributed by atoms with Crippen molar-refractivity contribution >= 4 is 23.7 Å². The highest BCUT2D eigenvalue weighted by atomic mass is 16.4. The Morgan fingerprint density at radius 2 is 1.52 bits per heavy atom. The number of hydrogen-bond donors (Lipinski definition) is 6. The van der Waals surface area contributed by atoms with Gasteiger partial charge >= 0.3 is 5.97 Å². The molecule has 0 saturated heterocycles. The van der Waals surface area contributed by atoms with E-state index in [4.69, 9.17) is 10.8 Å². The summed E-state index contributed by atoms with van der Waals surface area (Å²) >= 11 is 0. The molecule has 3 atom stereocenters. The van der Waals surface area contributed by atoms with Gasteiger partial charge < -0.3 is 31.9 Å². The minimum absolute atomic E-state index is 0.108. The molecule has 144 valence electrons. The molecule has 0 fully saturated rings. The molecule has 0 aliphatic rings. The van der Waals surface area contributed by atoms with E-state index in [0.29, 0.717) is 0 Å². The summed E-state index contributed by atoms with van der Waals surface area (Å²) in [6.07, 6.45) is 0. The van der Waals surface area contributed by atoms with Crippen molar-refractivity contribution in [3.05, 3.63) is 0 Å². The van der Waals surface area contributed by atoms with Crippen molar-refractivity contribution < 1.29 is 29.4 Å². The predicted octanol–water partition coefficient (Wildman–Crippen LogP) is -2.21. The lowest BCUT2D eigenvalue weighted by Crippen LogP contribution is -2.56. The van der Waals surface area contributed by atoms with Gasteiger partial charge in [-0.2, -0.15) is 0 Å². The van der Waals surface area contributed by atoms with Crippen molar-refractivity contribution in [1.82, 2.24) is 16.0 Å². The van der Waals surface area contributed by atoms with Crippen LogP contribution in [0.3, 0.4) is 0 Å². The molecule has 10 nitrogen and oxygen atoms in total. The molecular formula is C15H28N4O6. The molecule has 0 aliphatic carbocycles. The molecule has 3 amide bonds. The van der Waals surface area contributed by atoms with Crippen LogP contribution in [0, 0.1) is 11.8 Å². The van der Waals surface area contributed by atoms with Crippen LogP contribution in [-0.4, -0.2) is 65.2 Å². The summed E-state index contributed by atoms with van der Waals surface area (Å²) in [6.45, 7) is 5.59. The third-order valence-electron chi connectivity index (χ3n) is 3.51. The fourth-order valence-electron chi connectivity index (χ4n) is 1.79. The fourth-order valence-corrected chi connectivity index (χ4v) is 1.79. The molecule has 0 aromatic heterocycles. The third-order valence-corrected chi connectivity index (χ3v) is 3.51. The summed E-state index contributed by atoms with van der Waals surface area (Å²) < 4.78 is 0. The fraction of sp³-hybridized carbons (Fsp3) is 0.733. The Balaban J connectivity index is 4.61. The number of carbonyl (C=O) groups is 4. The summed E-state index contributed by atoms with van der Waals surface area (Å²) in [5.41, 5.74) is 5.63. The van der Waals surface area contributed by atoms with Crippen LogP contribution in [0.1, 0.15) is 27.7 Å². The van der Waals surface area contributed by atoms with Crippen LogP contribution in [0.2, 0.25) is 0 Å². The molecule has 25 heavy (non-hydrogen) atoms. The lowest BCUT2D eigenvalue weighted by Gasteiger charge is -2.22. The quantitative estimate of drug-likeness (QED) is 0.256. The molecule has 0 radical (unpaired) electrons. The van der Waals surface area contributed by atoms with Crippen LogP contribution in [0.4, 0.5) is 0 Å². The van der Waals surface area contributed by atoms with Gasteiger partial charge in [-0.3, -0.25) is 14.4 Å². The predicted molar refractivity (Wildman–Crippen MR) is 89.2 cm³/mol. The van der Waals surface area contributed by atoms with Gasteiger partial charge in [0.1, 0.15) is 12.1 Å². The topological polar surface area (TPSA) is 171 Å². The first-order valence-corrected chi connectivity index (χ1v) is 7.97. The van der Waals surface area contributed by atoms with Gasteiger partial charge in [0.2, 0.25) is 17.7 Å². The Hall–Kier alpha value is -2.20. The largest absolute Gasteiger partial charge is 0.480 e. The Bertz CT molecular complexity index is 494. The Morgan fingerprint density at radius 1 is 0.960 bits per heavy atom. The van der Waals surface area contributed by atoms with Crippen LogP contribution in [0.5, 0.6) is 0 Å². The number of aliphatic hydroxyl groups is 1. The maximum atomic E-state index is 12.0. The van der Waals surface area contributed by atoms with E-state index >= 15 is 0 Å². The number of nitrogens with two attached hydrogens (primary N) is 1. The number of rotatable bonds is 10. The normalized spacial score (nSPS) is 14.6. The summed E-state index contributed by atoms with van der Waals surface area (Å²) in [5.74, 6) is -3.77. The first-order chi connectivity index (χ1) is 11.5. The second-order valence-corrected chi connectivity index (χ2v) is 6.36. The Labute approximate surface area is 146 Å². The SMILES string of the molecule is CC(C)C(N)C(=O)NCC(=O)NC(CO)C(=O)NC(C(=O)O)C(C)C. The van der Waals surface area contributed by atoms with E-state index in [9.17, 15) is 24.3 Å². The Morgan fingerprint density at radius 3 is 1.92 bits per heavy atom. The van der Waals surface area contributed by atoms with Crippen molar-refractivity contribution in [2.45, 2.75) is 45.8 Å². The standard InChI is InChI=1S/C15H28N4O6/c1-7(2)11(16)14(23)17-5-10(21)18-9(6-20)13(22)19-12(8(3)4)15(24)25/h7-9,11-12,20H,5-6,16H2,1-4H3,(H,17,23)(H,18,21)(H,19,22)(H,24,25). The van der Waals surface area contributed by atoms with Crippen molar-refractivity contribution in [1.29, 1.82) is 0 Å². The van der Waals surface area contributed by atoms with E-state index in [1.165, 1.54) is 0 Å². The van der Waals surface area contributed by atoms with Gasteiger partial charge in [0.15, 0.2) is 0 Å². The number of aliphatic hydroxyl groups excluding tert-OH is 1. The third kappa shape index (κ3) is 7.94. The lowest BCUT2D eigenvalue weighted by molar-refractivity contribution is -0.143.